The molecule has 0 heterocycles. The van der Waals surface area contributed by atoms with Crippen molar-refractivity contribution in [3.05, 3.63) is 0 Å². The first-order chi connectivity index (χ1) is 10.4. The second kappa shape index (κ2) is 7.11. The Hall–Kier alpha value is -1.59. The summed E-state index contributed by atoms with van der Waals surface area (Å²) in [6, 6.07) is -0.895. The highest BCUT2D eigenvalue weighted by atomic mass is 16.4. The molecule has 2 aliphatic rings. The van der Waals surface area contributed by atoms with E-state index in [9.17, 15) is 14.4 Å². The van der Waals surface area contributed by atoms with E-state index in [1.165, 1.54) is 12.8 Å². The maximum Gasteiger partial charge on any atom is 0.326 e. The molecule has 0 aromatic rings. The monoisotopic (exact) mass is 310 g/mol. The number of carboxylic acid groups (broad SMARTS) is 1. The van der Waals surface area contributed by atoms with Crippen LogP contribution >= 0.6 is 0 Å². The van der Waals surface area contributed by atoms with E-state index in [0.29, 0.717) is 18.3 Å². The summed E-state index contributed by atoms with van der Waals surface area (Å²) in [5, 5.41) is 14.2. The number of fused-ring (bicyclic) bond motifs is 1. The van der Waals surface area contributed by atoms with Gasteiger partial charge in [-0.05, 0) is 37.0 Å². The molecule has 2 amide bonds. The molecule has 3 N–H and O–H groups in total. The maximum atomic E-state index is 12.1. The first kappa shape index (κ1) is 16.8. The molecule has 0 aliphatic heterocycles. The fourth-order valence-corrected chi connectivity index (χ4v) is 3.60. The van der Waals surface area contributed by atoms with Gasteiger partial charge in [-0.2, -0.15) is 0 Å². The largest absolute Gasteiger partial charge is 0.480 e. The number of amides is 2. The molecule has 0 aromatic carbocycles. The van der Waals surface area contributed by atoms with E-state index in [0.717, 1.165) is 12.8 Å². The molecule has 124 valence electrons. The van der Waals surface area contributed by atoms with Gasteiger partial charge in [0.1, 0.15) is 6.04 Å². The van der Waals surface area contributed by atoms with Crippen molar-refractivity contribution in [3.8, 4) is 0 Å². The number of carbonyl (C=O) groups is 3. The number of hydrogen-bond donors (Lipinski definition) is 3. The fraction of sp³-hybridized carbons (Fsp3) is 0.812. The second-order valence-electron chi connectivity index (χ2n) is 6.94. The van der Waals surface area contributed by atoms with Crippen LogP contribution in [-0.2, 0) is 14.4 Å². The average Bonchev–Trinajstić information content (AvgIpc) is 3.18. The Kier molecular flexibility index (Phi) is 5.42. The average molecular weight is 310 g/mol. The molecule has 6 heteroatoms. The van der Waals surface area contributed by atoms with Crippen molar-refractivity contribution < 1.29 is 19.5 Å². The van der Waals surface area contributed by atoms with Gasteiger partial charge in [0.05, 0.1) is 6.54 Å². The number of aliphatic carboxylic acids is 1. The first-order valence-electron chi connectivity index (χ1n) is 8.20. The third-order valence-electron chi connectivity index (χ3n) is 4.72. The number of rotatable bonds is 7. The predicted octanol–water partition coefficient (Wildman–Crippen LogP) is 1.15. The van der Waals surface area contributed by atoms with Gasteiger partial charge in [0.15, 0.2) is 0 Å². The van der Waals surface area contributed by atoms with E-state index in [2.05, 4.69) is 10.6 Å². The van der Waals surface area contributed by atoms with Crippen molar-refractivity contribution in [1.29, 1.82) is 0 Å². The second-order valence-corrected chi connectivity index (χ2v) is 6.94. The highest BCUT2D eigenvalue weighted by Gasteiger charge is 2.54. The minimum Gasteiger partial charge on any atom is -0.480 e. The van der Waals surface area contributed by atoms with Gasteiger partial charge >= 0.3 is 5.97 Å². The van der Waals surface area contributed by atoms with Crippen LogP contribution in [-0.4, -0.2) is 35.5 Å². The van der Waals surface area contributed by atoms with Crippen molar-refractivity contribution >= 4 is 17.8 Å². The molecule has 3 atom stereocenters. The van der Waals surface area contributed by atoms with E-state index < -0.39 is 17.9 Å². The van der Waals surface area contributed by atoms with Crippen LogP contribution in [0.2, 0.25) is 0 Å². The third kappa shape index (κ3) is 4.21. The molecule has 2 unspecified atom stereocenters. The molecule has 2 rings (SSSR count). The van der Waals surface area contributed by atoms with Crippen LogP contribution in [0, 0.1) is 23.7 Å². The van der Waals surface area contributed by atoms with Gasteiger partial charge in [-0.25, -0.2) is 4.79 Å². The Morgan fingerprint density at radius 3 is 2.23 bits per heavy atom. The van der Waals surface area contributed by atoms with Crippen LogP contribution in [0.5, 0.6) is 0 Å². The quantitative estimate of drug-likeness (QED) is 0.657. The van der Waals surface area contributed by atoms with E-state index in [4.69, 9.17) is 5.11 Å². The zero-order chi connectivity index (χ0) is 16.3. The summed E-state index contributed by atoms with van der Waals surface area (Å²) in [7, 11) is 0. The summed E-state index contributed by atoms with van der Waals surface area (Å²) in [6.07, 6.45) is 5.00. The van der Waals surface area contributed by atoms with E-state index in [-0.39, 0.29) is 24.3 Å². The van der Waals surface area contributed by atoms with E-state index in [1.807, 2.05) is 13.8 Å². The van der Waals surface area contributed by atoms with Crippen LogP contribution in [0.1, 0.15) is 46.0 Å². The Morgan fingerprint density at radius 2 is 1.73 bits per heavy atom. The summed E-state index contributed by atoms with van der Waals surface area (Å²) in [4.78, 5) is 35.0. The van der Waals surface area contributed by atoms with Gasteiger partial charge in [0.25, 0.3) is 0 Å². The van der Waals surface area contributed by atoms with Crippen LogP contribution in [0.3, 0.4) is 0 Å². The highest BCUT2D eigenvalue weighted by molar-refractivity contribution is 5.89. The van der Waals surface area contributed by atoms with Gasteiger partial charge in [0, 0.05) is 5.92 Å². The summed E-state index contributed by atoms with van der Waals surface area (Å²) >= 11 is 0. The number of hydrogen-bond acceptors (Lipinski definition) is 3. The van der Waals surface area contributed by atoms with Crippen molar-refractivity contribution in [2.24, 2.45) is 23.7 Å². The summed E-state index contributed by atoms with van der Waals surface area (Å²) in [5.74, 6) is -0.282. The molecule has 0 bridgehead atoms. The predicted molar refractivity (Wildman–Crippen MR) is 81.0 cm³/mol. The zero-order valence-electron chi connectivity index (χ0n) is 13.3. The van der Waals surface area contributed by atoms with Crippen molar-refractivity contribution in [1.82, 2.24) is 10.6 Å². The number of nitrogens with one attached hydrogen (secondary N) is 2. The Bertz CT molecular complexity index is 437. The number of carboxylic acids is 1. The first-order valence-corrected chi connectivity index (χ1v) is 8.20. The molecule has 2 saturated carbocycles. The molecular formula is C16H26N2O4. The fourth-order valence-electron chi connectivity index (χ4n) is 3.60. The summed E-state index contributed by atoms with van der Waals surface area (Å²) in [5.41, 5.74) is 0. The molecule has 22 heavy (non-hydrogen) atoms. The normalized spacial score (nSPS) is 27.7. The summed E-state index contributed by atoms with van der Waals surface area (Å²) in [6.45, 7) is 3.66. The number of carbonyl (C=O) groups excluding carboxylic acids is 2. The Balaban J connectivity index is 1.73. The van der Waals surface area contributed by atoms with Crippen LogP contribution in [0.15, 0.2) is 0 Å². The van der Waals surface area contributed by atoms with Gasteiger partial charge < -0.3 is 15.7 Å². The highest BCUT2D eigenvalue weighted by Crippen LogP contribution is 2.55. The van der Waals surface area contributed by atoms with E-state index in [1.54, 1.807) is 0 Å². The lowest BCUT2D eigenvalue weighted by atomic mass is 10.0. The molecule has 2 fully saturated rings. The van der Waals surface area contributed by atoms with Crippen LogP contribution < -0.4 is 10.6 Å². The van der Waals surface area contributed by atoms with Crippen LogP contribution in [0.4, 0.5) is 0 Å². The van der Waals surface area contributed by atoms with Crippen molar-refractivity contribution in [2.75, 3.05) is 6.54 Å². The SMILES string of the molecule is CC(C)C[C@H](NC(=O)CNC(=O)C1C2CCCCC21)C(=O)O. The summed E-state index contributed by atoms with van der Waals surface area (Å²) < 4.78 is 0. The van der Waals surface area contributed by atoms with Gasteiger partial charge in [-0.15, -0.1) is 0 Å². The van der Waals surface area contributed by atoms with Crippen LogP contribution in [0.25, 0.3) is 0 Å². The van der Waals surface area contributed by atoms with Gasteiger partial charge in [-0.1, -0.05) is 26.7 Å². The van der Waals surface area contributed by atoms with Gasteiger partial charge in [-0.3, -0.25) is 9.59 Å². The standard InChI is InChI=1S/C16H26N2O4/c1-9(2)7-12(16(21)22)18-13(19)8-17-15(20)14-10-5-3-4-6-11(10)14/h9-12,14H,3-8H2,1-2H3,(H,17,20)(H,18,19)(H,21,22)/t10?,11?,12-,14?/m0/s1. The topological polar surface area (TPSA) is 95.5 Å². The lowest BCUT2D eigenvalue weighted by Gasteiger charge is -2.16. The molecule has 2 aliphatic carbocycles. The lowest BCUT2D eigenvalue weighted by Crippen LogP contribution is -2.46. The smallest absolute Gasteiger partial charge is 0.326 e. The molecular weight excluding hydrogens is 284 g/mol. The molecule has 0 spiro atoms. The molecule has 6 nitrogen and oxygen atoms in total. The van der Waals surface area contributed by atoms with E-state index >= 15 is 0 Å². The third-order valence-corrected chi connectivity index (χ3v) is 4.72. The molecule has 0 saturated heterocycles. The maximum absolute atomic E-state index is 12.1. The van der Waals surface area contributed by atoms with Crippen molar-refractivity contribution in [2.45, 2.75) is 52.0 Å². The lowest BCUT2D eigenvalue weighted by molar-refractivity contribution is -0.142. The minimum atomic E-state index is -1.04. The zero-order valence-corrected chi connectivity index (χ0v) is 13.3. The van der Waals surface area contributed by atoms with Crippen molar-refractivity contribution in [3.63, 3.8) is 0 Å². The minimum absolute atomic E-state index is 0.0530. The Morgan fingerprint density at radius 1 is 1.14 bits per heavy atom. The van der Waals surface area contributed by atoms with Gasteiger partial charge in [0.2, 0.25) is 11.8 Å². The molecule has 0 radical (unpaired) electrons. The molecule has 0 aromatic heterocycles. The Labute approximate surface area is 131 Å².